The summed E-state index contributed by atoms with van der Waals surface area (Å²) in [6, 6.07) is 5.61. The molecule has 0 amide bonds. The predicted octanol–water partition coefficient (Wildman–Crippen LogP) is 2.95. The van der Waals surface area contributed by atoms with Gasteiger partial charge in [0, 0.05) is 11.6 Å². The van der Waals surface area contributed by atoms with Crippen molar-refractivity contribution in [1.82, 2.24) is 0 Å². The minimum Gasteiger partial charge on any atom is -0.394 e. The number of anilines is 1. The number of benzene rings is 1. The number of rotatable bonds is 2. The Bertz CT molecular complexity index is 356. The second-order valence-electron chi connectivity index (χ2n) is 3.77. The fraction of sp³-hybridized carbons (Fsp3) is 0.455. The van der Waals surface area contributed by atoms with Crippen LogP contribution >= 0.6 is 23.2 Å². The summed E-state index contributed by atoms with van der Waals surface area (Å²) in [4.78, 5) is 2.13. The summed E-state index contributed by atoms with van der Waals surface area (Å²) < 4.78 is 0. The van der Waals surface area contributed by atoms with Crippen LogP contribution in [0.15, 0.2) is 18.2 Å². The Morgan fingerprint density at radius 3 is 2.93 bits per heavy atom. The van der Waals surface area contributed by atoms with Crippen LogP contribution in [0.3, 0.4) is 0 Å². The highest BCUT2D eigenvalue weighted by Gasteiger charge is 2.25. The van der Waals surface area contributed by atoms with Gasteiger partial charge in [0.1, 0.15) is 0 Å². The zero-order chi connectivity index (χ0) is 10.8. The fourth-order valence-corrected chi connectivity index (χ4v) is 2.44. The van der Waals surface area contributed by atoms with Crippen molar-refractivity contribution in [3.8, 4) is 0 Å². The molecule has 1 fully saturated rings. The molecule has 4 heteroatoms. The Hall–Kier alpha value is -0.440. The van der Waals surface area contributed by atoms with Gasteiger partial charge in [-0.2, -0.15) is 0 Å². The van der Waals surface area contributed by atoms with Crippen LogP contribution in [0.4, 0.5) is 5.69 Å². The molecule has 0 bridgehead atoms. The third-order valence-electron chi connectivity index (χ3n) is 2.81. The number of halogens is 2. The van der Waals surface area contributed by atoms with Gasteiger partial charge in [-0.05, 0) is 31.0 Å². The second-order valence-corrected chi connectivity index (χ2v) is 4.61. The highest BCUT2D eigenvalue weighted by Crippen LogP contribution is 2.33. The van der Waals surface area contributed by atoms with Gasteiger partial charge in [0.2, 0.25) is 0 Å². The van der Waals surface area contributed by atoms with Gasteiger partial charge in [-0.25, -0.2) is 0 Å². The van der Waals surface area contributed by atoms with Gasteiger partial charge in [0.25, 0.3) is 0 Å². The van der Waals surface area contributed by atoms with E-state index >= 15 is 0 Å². The van der Waals surface area contributed by atoms with Crippen LogP contribution in [0.1, 0.15) is 12.8 Å². The average molecular weight is 246 g/mol. The van der Waals surface area contributed by atoms with E-state index in [9.17, 15) is 5.11 Å². The third kappa shape index (κ3) is 2.22. The maximum absolute atomic E-state index is 9.24. The van der Waals surface area contributed by atoms with Crippen molar-refractivity contribution in [2.24, 2.45) is 0 Å². The fourth-order valence-electron chi connectivity index (χ4n) is 2.05. The van der Waals surface area contributed by atoms with Crippen LogP contribution in [0, 0.1) is 0 Å². The SMILES string of the molecule is OCC1CCCN1c1cc(Cl)ccc1Cl. The third-order valence-corrected chi connectivity index (χ3v) is 3.36. The molecule has 1 unspecified atom stereocenters. The lowest BCUT2D eigenvalue weighted by Crippen LogP contribution is -2.32. The molecule has 1 aromatic rings. The standard InChI is InChI=1S/C11H13Cl2NO/c12-8-3-4-10(13)11(6-8)14-5-1-2-9(14)7-15/h3-4,6,9,15H,1-2,5,7H2. The van der Waals surface area contributed by atoms with E-state index in [0.29, 0.717) is 10.0 Å². The lowest BCUT2D eigenvalue weighted by molar-refractivity contribution is 0.266. The van der Waals surface area contributed by atoms with Crippen molar-refractivity contribution < 1.29 is 5.11 Å². The van der Waals surface area contributed by atoms with E-state index in [2.05, 4.69) is 4.90 Å². The predicted molar refractivity (Wildman–Crippen MR) is 63.9 cm³/mol. The van der Waals surface area contributed by atoms with Gasteiger partial charge < -0.3 is 10.0 Å². The molecule has 0 spiro atoms. The highest BCUT2D eigenvalue weighted by atomic mass is 35.5. The van der Waals surface area contributed by atoms with Gasteiger partial charge >= 0.3 is 0 Å². The van der Waals surface area contributed by atoms with E-state index in [4.69, 9.17) is 23.2 Å². The first-order valence-corrected chi connectivity index (χ1v) is 5.80. The van der Waals surface area contributed by atoms with E-state index in [0.717, 1.165) is 25.1 Å². The summed E-state index contributed by atoms with van der Waals surface area (Å²) in [7, 11) is 0. The smallest absolute Gasteiger partial charge is 0.0640 e. The summed E-state index contributed by atoms with van der Waals surface area (Å²) >= 11 is 12.1. The lowest BCUT2D eigenvalue weighted by Gasteiger charge is -2.26. The largest absolute Gasteiger partial charge is 0.394 e. The molecule has 1 aliphatic heterocycles. The Morgan fingerprint density at radius 2 is 2.20 bits per heavy atom. The summed E-state index contributed by atoms with van der Waals surface area (Å²) in [5.41, 5.74) is 0.931. The monoisotopic (exact) mass is 245 g/mol. The quantitative estimate of drug-likeness (QED) is 0.867. The first-order valence-electron chi connectivity index (χ1n) is 5.05. The van der Waals surface area contributed by atoms with Crippen molar-refractivity contribution in [2.45, 2.75) is 18.9 Å². The summed E-state index contributed by atoms with van der Waals surface area (Å²) in [5.74, 6) is 0. The Kier molecular flexibility index (Phi) is 3.39. The van der Waals surface area contributed by atoms with Crippen molar-refractivity contribution in [3.63, 3.8) is 0 Å². The van der Waals surface area contributed by atoms with Crippen LogP contribution in [0.5, 0.6) is 0 Å². The molecule has 1 aromatic carbocycles. The maximum atomic E-state index is 9.24. The van der Waals surface area contributed by atoms with Gasteiger partial charge in [0.15, 0.2) is 0 Å². The van der Waals surface area contributed by atoms with E-state index in [1.54, 1.807) is 12.1 Å². The van der Waals surface area contributed by atoms with E-state index < -0.39 is 0 Å². The molecular formula is C11H13Cl2NO. The molecule has 1 N–H and O–H groups in total. The highest BCUT2D eigenvalue weighted by molar-refractivity contribution is 6.35. The normalized spacial score (nSPS) is 21.0. The van der Waals surface area contributed by atoms with Crippen molar-refractivity contribution in [2.75, 3.05) is 18.1 Å². The van der Waals surface area contributed by atoms with Gasteiger partial charge in [-0.15, -0.1) is 0 Å². The zero-order valence-electron chi connectivity index (χ0n) is 8.29. The minimum absolute atomic E-state index is 0.169. The number of nitrogens with zero attached hydrogens (tertiary/aromatic N) is 1. The summed E-state index contributed by atoms with van der Waals surface area (Å²) in [6.07, 6.45) is 2.10. The molecule has 2 rings (SSSR count). The molecule has 0 radical (unpaired) electrons. The number of hydrogen-bond acceptors (Lipinski definition) is 2. The second kappa shape index (κ2) is 4.60. The van der Waals surface area contributed by atoms with Crippen LogP contribution in [0.25, 0.3) is 0 Å². The van der Waals surface area contributed by atoms with E-state index in [1.807, 2.05) is 6.07 Å². The molecule has 0 aromatic heterocycles. The Labute approximate surface area is 99.4 Å². The number of hydrogen-bond donors (Lipinski definition) is 1. The molecule has 82 valence electrons. The van der Waals surface area contributed by atoms with Gasteiger partial charge in [0.05, 0.1) is 23.4 Å². The number of aliphatic hydroxyl groups excluding tert-OH is 1. The average Bonchev–Trinajstić information content (AvgIpc) is 2.69. The maximum Gasteiger partial charge on any atom is 0.0640 e. The van der Waals surface area contributed by atoms with Gasteiger partial charge in [-0.1, -0.05) is 23.2 Å². The number of aliphatic hydroxyl groups is 1. The Balaban J connectivity index is 2.31. The van der Waals surface area contributed by atoms with Crippen LogP contribution in [-0.4, -0.2) is 24.3 Å². The molecule has 0 saturated carbocycles. The molecular weight excluding hydrogens is 233 g/mol. The topological polar surface area (TPSA) is 23.5 Å². The summed E-state index contributed by atoms with van der Waals surface area (Å²) in [6.45, 7) is 1.11. The van der Waals surface area contributed by atoms with Crippen LogP contribution < -0.4 is 4.90 Å². The molecule has 2 nitrogen and oxygen atoms in total. The first kappa shape index (κ1) is 11.1. The molecule has 1 heterocycles. The first-order chi connectivity index (χ1) is 7.22. The van der Waals surface area contributed by atoms with Gasteiger partial charge in [-0.3, -0.25) is 0 Å². The molecule has 0 aliphatic carbocycles. The lowest BCUT2D eigenvalue weighted by atomic mass is 10.2. The van der Waals surface area contributed by atoms with E-state index in [1.165, 1.54) is 0 Å². The van der Waals surface area contributed by atoms with Crippen molar-refractivity contribution in [3.05, 3.63) is 28.2 Å². The molecule has 1 atom stereocenters. The van der Waals surface area contributed by atoms with Crippen LogP contribution in [-0.2, 0) is 0 Å². The van der Waals surface area contributed by atoms with Crippen molar-refractivity contribution in [1.29, 1.82) is 0 Å². The van der Waals surface area contributed by atoms with E-state index in [-0.39, 0.29) is 12.6 Å². The minimum atomic E-state index is 0.169. The summed E-state index contributed by atoms with van der Waals surface area (Å²) in [5, 5.41) is 10.6. The Morgan fingerprint density at radius 1 is 1.40 bits per heavy atom. The molecule has 1 saturated heterocycles. The molecule has 15 heavy (non-hydrogen) atoms. The van der Waals surface area contributed by atoms with Crippen LogP contribution in [0.2, 0.25) is 10.0 Å². The molecule has 1 aliphatic rings. The zero-order valence-corrected chi connectivity index (χ0v) is 9.80. The van der Waals surface area contributed by atoms with Crippen molar-refractivity contribution >= 4 is 28.9 Å².